The molecule has 4 rings (SSSR count). The molecule has 1 unspecified atom stereocenters. The first-order valence-corrected chi connectivity index (χ1v) is 10.7. The first-order chi connectivity index (χ1) is 14.5. The molecule has 3 aromatic rings. The lowest BCUT2D eigenvalue weighted by molar-refractivity contribution is -0.121. The number of pyridine rings is 1. The van der Waals surface area contributed by atoms with E-state index in [4.69, 9.17) is 11.6 Å². The highest BCUT2D eigenvalue weighted by molar-refractivity contribution is 9.10. The van der Waals surface area contributed by atoms with Crippen molar-refractivity contribution in [2.75, 3.05) is 18.4 Å². The van der Waals surface area contributed by atoms with Crippen LogP contribution in [0.1, 0.15) is 23.2 Å². The molecule has 0 saturated carbocycles. The molecule has 0 radical (unpaired) electrons. The Morgan fingerprint density at radius 2 is 1.97 bits per heavy atom. The van der Waals surface area contributed by atoms with E-state index in [2.05, 4.69) is 36.4 Å². The Labute approximate surface area is 187 Å². The summed E-state index contributed by atoms with van der Waals surface area (Å²) in [5, 5.41) is 10.4. The number of nitrogens with one attached hydrogen (secondary N) is 2. The predicted octanol–water partition coefficient (Wildman–Crippen LogP) is 4.38. The number of H-pyrrole nitrogens is 1. The summed E-state index contributed by atoms with van der Waals surface area (Å²) in [7, 11) is 0. The molecule has 154 valence electrons. The summed E-state index contributed by atoms with van der Waals surface area (Å²) < 4.78 is 0.839. The molecule has 0 bridgehead atoms. The smallest absolute Gasteiger partial charge is 0.257 e. The fourth-order valence-corrected chi connectivity index (χ4v) is 3.87. The minimum absolute atomic E-state index is 0.132. The second-order valence-corrected chi connectivity index (χ2v) is 8.46. The summed E-state index contributed by atoms with van der Waals surface area (Å²) in [6.07, 6.45) is 4.64. The summed E-state index contributed by atoms with van der Waals surface area (Å²) in [6.45, 7) is 0.955. The molecule has 2 aromatic heterocycles. The van der Waals surface area contributed by atoms with Crippen molar-refractivity contribution in [2.45, 2.75) is 12.8 Å². The number of halogens is 2. The van der Waals surface area contributed by atoms with Crippen molar-refractivity contribution in [2.24, 2.45) is 5.92 Å². The van der Waals surface area contributed by atoms with E-state index in [9.17, 15) is 9.59 Å². The van der Waals surface area contributed by atoms with Crippen LogP contribution in [0.4, 0.5) is 5.82 Å². The van der Waals surface area contributed by atoms with Gasteiger partial charge in [-0.3, -0.25) is 14.7 Å². The van der Waals surface area contributed by atoms with Gasteiger partial charge in [-0.2, -0.15) is 5.10 Å². The summed E-state index contributed by atoms with van der Waals surface area (Å²) >= 11 is 9.29. The van der Waals surface area contributed by atoms with Crippen molar-refractivity contribution in [3.63, 3.8) is 0 Å². The lowest BCUT2D eigenvalue weighted by Gasteiger charge is -2.32. The van der Waals surface area contributed by atoms with E-state index in [0.717, 1.165) is 22.9 Å². The van der Waals surface area contributed by atoms with Crippen LogP contribution in [0.3, 0.4) is 0 Å². The molecule has 30 heavy (non-hydrogen) atoms. The summed E-state index contributed by atoms with van der Waals surface area (Å²) in [5.41, 5.74) is 1.95. The monoisotopic (exact) mass is 487 g/mol. The molecular weight excluding hydrogens is 470 g/mol. The normalized spacial score (nSPS) is 16.3. The van der Waals surface area contributed by atoms with Crippen LogP contribution >= 0.6 is 27.5 Å². The Bertz CT molecular complexity index is 1050. The van der Waals surface area contributed by atoms with Crippen molar-refractivity contribution < 1.29 is 9.59 Å². The fourth-order valence-electron chi connectivity index (χ4n) is 3.51. The van der Waals surface area contributed by atoms with Gasteiger partial charge in [-0.15, -0.1) is 0 Å². The lowest BCUT2D eigenvalue weighted by Crippen LogP contribution is -2.43. The van der Waals surface area contributed by atoms with Crippen LogP contribution in [0.2, 0.25) is 5.02 Å². The highest BCUT2D eigenvalue weighted by atomic mass is 79.9. The zero-order valence-corrected chi connectivity index (χ0v) is 18.3. The molecule has 3 heterocycles. The maximum absolute atomic E-state index is 13.2. The predicted molar refractivity (Wildman–Crippen MR) is 118 cm³/mol. The van der Waals surface area contributed by atoms with E-state index in [1.165, 1.54) is 6.20 Å². The van der Waals surface area contributed by atoms with Crippen LogP contribution in [-0.2, 0) is 4.79 Å². The molecular formula is C21H19BrClN5O2. The molecule has 0 aliphatic carbocycles. The average Bonchev–Trinajstić information content (AvgIpc) is 3.25. The van der Waals surface area contributed by atoms with Crippen molar-refractivity contribution in [3.05, 3.63) is 63.9 Å². The van der Waals surface area contributed by atoms with E-state index in [0.29, 0.717) is 35.2 Å². The molecule has 1 aromatic carbocycles. The van der Waals surface area contributed by atoms with Gasteiger partial charge in [0.2, 0.25) is 5.91 Å². The Kier molecular flexibility index (Phi) is 6.15. The van der Waals surface area contributed by atoms with E-state index in [-0.39, 0.29) is 17.7 Å². The first-order valence-electron chi connectivity index (χ1n) is 9.52. The first kappa shape index (κ1) is 20.6. The Balaban J connectivity index is 1.46. The van der Waals surface area contributed by atoms with Crippen molar-refractivity contribution in [1.82, 2.24) is 20.1 Å². The van der Waals surface area contributed by atoms with Crippen LogP contribution in [0.25, 0.3) is 11.3 Å². The third-order valence-corrected chi connectivity index (χ3v) is 5.78. The zero-order valence-electron chi connectivity index (χ0n) is 15.9. The minimum Gasteiger partial charge on any atom is -0.338 e. The summed E-state index contributed by atoms with van der Waals surface area (Å²) in [5.74, 6) is -0.0778. The number of hydrogen-bond acceptors (Lipinski definition) is 4. The largest absolute Gasteiger partial charge is 0.338 e. The molecule has 1 atom stereocenters. The number of carbonyl (C=O) groups excluding carboxylic acids is 2. The molecule has 0 spiro atoms. The SMILES string of the molecule is O=C(Nc1ccc(Br)cn1)C1CCCN(C(=O)c2cn[nH]c2-c2ccc(Cl)cc2)C1. The van der Waals surface area contributed by atoms with Gasteiger partial charge in [0, 0.05) is 34.3 Å². The number of aromatic nitrogens is 3. The number of carbonyl (C=O) groups is 2. The van der Waals surface area contributed by atoms with Gasteiger partial charge in [0.1, 0.15) is 5.82 Å². The van der Waals surface area contributed by atoms with Crippen molar-refractivity contribution >= 4 is 45.2 Å². The van der Waals surface area contributed by atoms with Gasteiger partial charge < -0.3 is 10.2 Å². The molecule has 1 aliphatic rings. The summed E-state index contributed by atoms with van der Waals surface area (Å²) in [6, 6.07) is 10.8. The number of amides is 2. The van der Waals surface area contributed by atoms with Crippen LogP contribution in [-0.4, -0.2) is 45.0 Å². The Hall–Kier alpha value is -2.71. The van der Waals surface area contributed by atoms with Crippen LogP contribution in [0.15, 0.2) is 53.3 Å². The molecule has 1 fully saturated rings. The third kappa shape index (κ3) is 4.55. The lowest BCUT2D eigenvalue weighted by atomic mass is 9.96. The third-order valence-electron chi connectivity index (χ3n) is 5.06. The van der Waals surface area contributed by atoms with Gasteiger partial charge in [-0.25, -0.2) is 4.98 Å². The van der Waals surface area contributed by atoms with Gasteiger partial charge in [0.25, 0.3) is 5.91 Å². The van der Waals surface area contributed by atoms with Crippen molar-refractivity contribution in [1.29, 1.82) is 0 Å². The van der Waals surface area contributed by atoms with Gasteiger partial charge in [-0.05, 0) is 53.0 Å². The quantitative estimate of drug-likeness (QED) is 0.570. The Morgan fingerprint density at radius 1 is 1.17 bits per heavy atom. The highest BCUT2D eigenvalue weighted by Crippen LogP contribution is 2.26. The number of aromatic amines is 1. The second-order valence-electron chi connectivity index (χ2n) is 7.11. The molecule has 2 N–H and O–H groups in total. The number of piperidine rings is 1. The summed E-state index contributed by atoms with van der Waals surface area (Å²) in [4.78, 5) is 31.8. The standard InChI is InChI=1S/C21H19BrClN5O2/c22-15-5-8-18(24-10-15)26-20(29)14-2-1-9-28(12-14)21(30)17-11-25-27-19(17)13-3-6-16(23)7-4-13/h3-8,10-11,14H,1-2,9,12H2,(H,25,27)(H,24,26,29). The fraction of sp³-hybridized carbons (Fsp3) is 0.238. The molecule has 2 amide bonds. The zero-order chi connectivity index (χ0) is 21.1. The van der Waals surface area contributed by atoms with Gasteiger partial charge >= 0.3 is 0 Å². The van der Waals surface area contributed by atoms with E-state index in [1.807, 2.05) is 18.2 Å². The molecule has 7 nitrogen and oxygen atoms in total. The maximum Gasteiger partial charge on any atom is 0.257 e. The van der Waals surface area contributed by atoms with Crippen LogP contribution in [0, 0.1) is 5.92 Å². The molecule has 1 saturated heterocycles. The van der Waals surface area contributed by atoms with E-state index < -0.39 is 0 Å². The number of rotatable bonds is 4. The Morgan fingerprint density at radius 3 is 2.70 bits per heavy atom. The highest BCUT2D eigenvalue weighted by Gasteiger charge is 2.30. The number of likely N-dealkylation sites (tertiary alicyclic amines) is 1. The van der Waals surface area contributed by atoms with E-state index in [1.54, 1.807) is 29.3 Å². The van der Waals surface area contributed by atoms with Gasteiger partial charge in [0.05, 0.1) is 23.4 Å². The molecule has 9 heteroatoms. The number of anilines is 1. The van der Waals surface area contributed by atoms with Crippen LogP contribution in [0.5, 0.6) is 0 Å². The van der Waals surface area contributed by atoms with E-state index >= 15 is 0 Å². The topological polar surface area (TPSA) is 91.0 Å². The minimum atomic E-state index is -0.293. The number of hydrogen-bond donors (Lipinski definition) is 2. The average molecular weight is 489 g/mol. The van der Waals surface area contributed by atoms with Crippen LogP contribution < -0.4 is 5.32 Å². The van der Waals surface area contributed by atoms with Gasteiger partial charge in [-0.1, -0.05) is 23.7 Å². The maximum atomic E-state index is 13.2. The van der Waals surface area contributed by atoms with Gasteiger partial charge in [0.15, 0.2) is 0 Å². The second kappa shape index (κ2) is 8.97. The number of nitrogens with zero attached hydrogens (tertiary/aromatic N) is 3. The number of benzene rings is 1. The van der Waals surface area contributed by atoms with Crippen molar-refractivity contribution in [3.8, 4) is 11.3 Å². The molecule has 1 aliphatic heterocycles.